The Morgan fingerprint density at radius 2 is 1.96 bits per heavy atom. The lowest BCUT2D eigenvalue weighted by Gasteiger charge is -2.30. The third kappa shape index (κ3) is 5.07. The Morgan fingerprint density at radius 1 is 1.26 bits per heavy atom. The van der Waals surface area contributed by atoms with Crippen LogP contribution < -0.4 is 4.74 Å². The number of piperidine rings is 1. The number of carbonyl (C=O) groups is 2. The molecular weight excluding hydrogens is 364 g/mol. The maximum atomic E-state index is 12.7. The van der Waals surface area contributed by atoms with Crippen molar-refractivity contribution in [1.29, 1.82) is 0 Å². The minimum absolute atomic E-state index is 0.0748. The summed E-state index contributed by atoms with van der Waals surface area (Å²) in [6, 6.07) is 7.74. The van der Waals surface area contributed by atoms with Crippen molar-refractivity contribution in [3.8, 4) is 16.3 Å². The smallest absolute Gasteiger partial charge is 0.303 e. The summed E-state index contributed by atoms with van der Waals surface area (Å²) >= 11 is 1.45. The number of amides is 1. The fourth-order valence-electron chi connectivity index (χ4n) is 3.17. The molecule has 0 atom stereocenters. The first-order valence-corrected chi connectivity index (χ1v) is 10.1. The molecule has 2 heterocycles. The highest BCUT2D eigenvalue weighted by molar-refractivity contribution is 7.13. The summed E-state index contributed by atoms with van der Waals surface area (Å²) in [6.07, 6.45) is 2.61. The van der Waals surface area contributed by atoms with Crippen molar-refractivity contribution in [3.63, 3.8) is 0 Å². The van der Waals surface area contributed by atoms with Crippen LogP contribution in [-0.2, 0) is 4.79 Å². The monoisotopic (exact) mass is 388 g/mol. The second kappa shape index (κ2) is 8.99. The third-order valence-electron chi connectivity index (χ3n) is 4.66. The molecule has 0 spiro atoms. The van der Waals surface area contributed by atoms with Gasteiger partial charge in [-0.2, -0.15) is 0 Å². The number of hydrogen-bond donors (Lipinski definition) is 1. The number of hydrogen-bond acceptors (Lipinski definition) is 5. The van der Waals surface area contributed by atoms with Gasteiger partial charge >= 0.3 is 5.97 Å². The van der Waals surface area contributed by atoms with E-state index in [4.69, 9.17) is 9.84 Å². The second-order valence-corrected chi connectivity index (χ2v) is 7.60. The number of nitrogens with zero attached hydrogens (tertiary/aromatic N) is 2. The quantitative estimate of drug-likeness (QED) is 0.777. The van der Waals surface area contributed by atoms with Crippen LogP contribution in [0.5, 0.6) is 5.75 Å². The van der Waals surface area contributed by atoms with Gasteiger partial charge < -0.3 is 14.7 Å². The molecule has 1 saturated heterocycles. The molecule has 1 aromatic carbocycles. The fraction of sp³-hybridized carbons (Fsp3) is 0.450. The third-order valence-corrected chi connectivity index (χ3v) is 5.55. The van der Waals surface area contributed by atoms with Crippen molar-refractivity contribution < 1.29 is 19.4 Å². The summed E-state index contributed by atoms with van der Waals surface area (Å²) in [5, 5.41) is 11.5. The minimum atomic E-state index is -0.768. The van der Waals surface area contributed by atoms with Gasteiger partial charge in [0.25, 0.3) is 5.91 Å². The molecule has 27 heavy (non-hydrogen) atoms. The van der Waals surface area contributed by atoms with Crippen LogP contribution in [0.2, 0.25) is 0 Å². The molecule has 1 fully saturated rings. The van der Waals surface area contributed by atoms with E-state index in [1.165, 1.54) is 11.3 Å². The maximum Gasteiger partial charge on any atom is 0.303 e. The zero-order valence-electron chi connectivity index (χ0n) is 15.4. The number of thiazole rings is 1. The zero-order chi connectivity index (χ0) is 19.2. The first kappa shape index (κ1) is 19.4. The van der Waals surface area contributed by atoms with Crippen molar-refractivity contribution in [2.24, 2.45) is 5.92 Å². The normalized spacial score (nSPS) is 14.9. The number of ether oxygens (including phenoxy) is 1. The summed E-state index contributed by atoms with van der Waals surface area (Å²) in [5.74, 6) is 0.146. The lowest BCUT2D eigenvalue weighted by Crippen LogP contribution is -2.39. The van der Waals surface area contributed by atoms with Gasteiger partial charge in [-0.25, -0.2) is 4.98 Å². The van der Waals surface area contributed by atoms with Crippen molar-refractivity contribution in [2.75, 3.05) is 19.7 Å². The van der Waals surface area contributed by atoms with Crippen LogP contribution in [0.25, 0.3) is 10.6 Å². The molecule has 1 N–H and O–H groups in total. The number of carboxylic acids is 1. The maximum absolute atomic E-state index is 12.7. The molecule has 0 aliphatic carbocycles. The van der Waals surface area contributed by atoms with Gasteiger partial charge in [-0.05, 0) is 49.4 Å². The topological polar surface area (TPSA) is 79.7 Å². The summed E-state index contributed by atoms with van der Waals surface area (Å²) < 4.78 is 5.59. The molecule has 3 rings (SSSR count). The first-order valence-electron chi connectivity index (χ1n) is 9.26. The Bertz CT molecular complexity index is 780. The van der Waals surface area contributed by atoms with Crippen LogP contribution in [0.3, 0.4) is 0 Å². The Kier molecular flexibility index (Phi) is 6.45. The van der Waals surface area contributed by atoms with Crippen molar-refractivity contribution in [2.45, 2.75) is 32.6 Å². The van der Waals surface area contributed by atoms with E-state index in [1.54, 1.807) is 10.3 Å². The van der Waals surface area contributed by atoms with Crippen molar-refractivity contribution in [3.05, 3.63) is 35.3 Å². The van der Waals surface area contributed by atoms with Crippen molar-refractivity contribution in [1.82, 2.24) is 9.88 Å². The van der Waals surface area contributed by atoms with Gasteiger partial charge in [-0.1, -0.05) is 6.92 Å². The van der Waals surface area contributed by atoms with Crippen LogP contribution >= 0.6 is 11.3 Å². The number of aromatic nitrogens is 1. The molecule has 0 bridgehead atoms. The number of likely N-dealkylation sites (tertiary alicyclic amines) is 1. The summed E-state index contributed by atoms with van der Waals surface area (Å²) in [4.78, 5) is 29.8. The van der Waals surface area contributed by atoms with E-state index >= 15 is 0 Å². The van der Waals surface area contributed by atoms with E-state index < -0.39 is 5.97 Å². The number of carboxylic acid groups (broad SMARTS) is 1. The van der Waals surface area contributed by atoms with Crippen LogP contribution in [0, 0.1) is 5.92 Å². The Labute approximate surface area is 162 Å². The largest absolute Gasteiger partial charge is 0.494 e. The summed E-state index contributed by atoms with van der Waals surface area (Å²) in [6.45, 7) is 3.94. The molecule has 2 aromatic rings. The highest BCUT2D eigenvalue weighted by Gasteiger charge is 2.26. The van der Waals surface area contributed by atoms with E-state index in [-0.39, 0.29) is 18.2 Å². The Morgan fingerprint density at radius 3 is 2.59 bits per heavy atom. The van der Waals surface area contributed by atoms with Gasteiger partial charge in [0.15, 0.2) is 0 Å². The highest BCUT2D eigenvalue weighted by atomic mass is 32.1. The molecule has 144 valence electrons. The number of aliphatic carboxylic acids is 1. The summed E-state index contributed by atoms with van der Waals surface area (Å²) in [7, 11) is 0. The summed E-state index contributed by atoms with van der Waals surface area (Å²) in [5.41, 5.74) is 1.42. The molecule has 1 amide bonds. The molecule has 7 heteroatoms. The predicted molar refractivity (Wildman–Crippen MR) is 104 cm³/mol. The Hall–Kier alpha value is -2.41. The van der Waals surface area contributed by atoms with E-state index in [0.717, 1.165) is 35.6 Å². The van der Waals surface area contributed by atoms with Gasteiger partial charge in [0.2, 0.25) is 0 Å². The van der Waals surface area contributed by atoms with Gasteiger partial charge in [-0.3, -0.25) is 9.59 Å². The van der Waals surface area contributed by atoms with Crippen LogP contribution in [0.1, 0.15) is 43.1 Å². The lowest BCUT2D eigenvalue weighted by atomic mass is 9.93. The molecule has 0 unspecified atom stereocenters. The van der Waals surface area contributed by atoms with E-state index in [9.17, 15) is 9.59 Å². The number of benzene rings is 1. The first-order chi connectivity index (χ1) is 13.1. The molecule has 1 aliphatic rings. The van der Waals surface area contributed by atoms with Crippen LogP contribution in [-0.4, -0.2) is 46.6 Å². The molecule has 1 aliphatic heterocycles. The fourth-order valence-corrected chi connectivity index (χ4v) is 3.97. The lowest BCUT2D eigenvalue weighted by molar-refractivity contribution is -0.138. The number of rotatable bonds is 7. The highest BCUT2D eigenvalue weighted by Crippen LogP contribution is 2.27. The van der Waals surface area contributed by atoms with Gasteiger partial charge in [-0.15, -0.1) is 11.3 Å². The SMILES string of the molecule is CCCOc1ccc(-c2nc(C(=O)N3CCC(CC(=O)O)CC3)cs2)cc1. The molecule has 1 aromatic heterocycles. The molecular formula is C20H24N2O4S. The standard InChI is InChI=1S/C20H24N2O4S/c1-2-11-26-16-5-3-15(4-6-16)19-21-17(13-27-19)20(25)22-9-7-14(8-10-22)12-18(23)24/h3-6,13-14H,2,7-12H2,1H3,(H,23,24). The molecule has 0 saturated carbocycles. The van der Waals surface area contributed by atoms with Gasteiger partial charge in [0.05, 0.1) is 6.61 Å². The van der Waals surface area contributed by atoms with Crippen molar-refractivity contribution >= 4 is 23.2 Å². The second-order valence-electron chi connectivity index (χ2n) is 6.74. The molecule has 6 nitrogen and oxygen atoms in total. The number of carbonyl (C=O) groups excluding carboxylic acids is 1. The van der Waals surface area contributed by atoms with Gasteiger partial charge in [0.1, 0.15) is 16.5 Å². The predicted octanol–water partition coefficient (Wildman–Crippen LogP) is 3.93. The minimum Gasteiger partial charge on any atom is -0.494 e. The average Bonchev–Trinajstić information content (AvgIpc) is 3.16. The zero-order valence-corrected chi connectivity index (χ0v) is 16.2. The Balaban J connectivity index is 1.60. The van der Waals surface area contributed by atoms with E-state index in [0.29, 0.717) is 25.4 Å². The average molecular weight is 388 g/mol. The van der Waals surface area contributed by atoms with E-state index in [2.05, 4.69) is 11.9 Å². The molecule has 0 radical (unpaired) electrons. The van der Waals surface area contributed by atoms with Crippen LogP contribution in [0.4, 0.5) is 0 Å². The van der Waals surface area contributed by atoms with Gasteiger partial charge in [0, 0.05) is 30.5 Å². The van der Waals surface area contributed by atoms with Crippen LogP contribution in [0.15, 0.2) is 29.6 Å². The van der Waals surface area contributed by atoms with E-state index in [1.807, 2.05) is 24.3 Å².